The molecule has 4 heteroatoms. The van der Waals surface area contributed by atoms with Crippen LogP contribution in [0.25, 0.3) is 12.2 Å². The van der Waals surface area contributed by atoms with Crippen molar-refractivity contribution in [1.29, 1.82) is 0 Å². The average Bonchev–Trinajstić information content (AvgIpc) is 3.07. The van der Waals surface area contributed by atoms with Crippen LogP contribution in [-0.4, -0.2) is 23.7 Å². The van der Waals surface area contributed by atoms with Crippen LogP contribution in [-0.2, 0) is 0 Å². The molecule has 1 amide bonds. The Morgan fingerprint density at radius 3 is 2.58 bits per heavy atom. The Balaban J connectivity index is 0.00000117. The van der Waals surface area contributed by atoms with Crippen LogP contribution in [0.15, 0.2) is 18.5 Å². The standard InChI is InChI=1S/C20H27NO2S.C2H6/c1-5-14-15(11-24-17(14)6-2)19(23)21-18-12(7-8-22)9-13-10-16(18)20(13,3)4;1-2/h5-6,11-13,16,18,22H,1-2,7-10H2,3-4H3,(H,21,23);1-2H3/t12?,13?,16?,18-;/m1./s1. The summed E-state index contributed by atoms with van der Waals surface area (Å²) in [5, 5.41) is 14.6. The van der Waals surface area contributed by atoms with Crippen molar-refractivity contribution in [3.8, 4) is 0 Å². The van der Waals surface area contributed by atoms with E-state index in [2.05, 4.69) is 32.3 Å². The van der Waals surface area contributed by atoms with Crippen LogP contribution in [0.3, 0.4) is 0 Å². The summed E-state index contributed by atoms with van der Waals surface area (Å²) in [6, 6.07) is 0.148. The predicted octanol–water partition coefficient (Wildman–Crippen LogP) is 5.22. The molecule has 26 heavy (non-hydrogen) atoms. The number of hydrogen-bond donors (Lipinski definition) is 2. The van der Waals surface area contributed by atoms with E-state index in [1.54, 1.807) is 12.2 Å². The van der Waals surface area contributed by atoms with Crippen molar-refractivity contribution in [3.05, 3.63) is 34.5 Å². The summed E-state index contributed by atoms with van der Waals surface area (Å²) < 4.78 is 0. The van der Waals surface area contributed by atoms with Gasteiger partial charge in [0.25, 0.3) is 5.91 Å². The fourth-order valence-electron chi connectivity index (χ4n) is 4.74. The van der Waals surface area contributed by atoms with E-state index in [0.717, 1.165) is 29.2 Å². The molecule has 3 nitrogen and oxygen atoms in total. The monoisotopic (exact) mass is 375 g/mol. The second kappa shape index (κ2) is 8.53. The van der Waals surface area contributed by atoms with Crippen molar-refractivity contribution in [1.82, 2.24) is 5.32 Å². The quantitative estimate of drug-likeness (QED) is 0.716. The molecule has 0 spiro atoms. The maximum atomic E-state index is 12.9. The van der Waals surface area contributed by atoms with Gasteiger partial charge in [0.2, 0.25) is 0 Å². The smallest absolute Gasteiger partial charge is 0.252 e. The minimum atomic E-state index is -0.0247. The Kier molecular flexibility index (Phi) is 6.86. The van der Waals surface area contributed by atoms with Gasteiger partial charge in [-0.05, 0) is 42.4 Å². The molecule has 144 valence electrons. The molecule has 4 rings (SSSR count). The number of amides is 1. The lowest BCUT2D eigenvalue weighted by molar-refractivity contribution is -0.114. The van der Waals surface area contributed by atoms with Crippen LogP contribution in [0.1, 0.15) is 67.8 Å². The summed E-state index contributed by atoms with van der Waals surface area (Å²) in [5.41, 5.74) is 1.84. The first-order valence-corrected chi connectivity index (χ1v) is 10.6. The average molecular weight is 376 g/mol. The van der Waals surface area contributed by atoms with Crippen molar-refractivity contribution in [2.45, 2.75) is 53.0 Å². The minimum absolute atomic E-state index is 0.0247. The normalized spacial score (nSPS) is 28.2. The van der Waals surface area contributed by atoms with Crippen molar-refractivity contribution >= 4 is 29.4 Å². The first-order valence-electron chi connectivity index (χ1n) is 9.72. The second-order valence-electron chi connectivity index (χ2n) is 7.70. The molecule has 4 atom stereocenters. The van der Waals surface area contributed by atoms with E-state index < -0.39 is 0 Å². The number of thiophene rings is 1. The lowest BCUT2D eigenvalue weighted by Gasteiger charge is -2.62. The topological polar surface area (TPSA) is 49.3 Å². The van der Waals surface area contributed by atoms with Gasteiger partial charge in [0.1, 0.15) is 0 Å². The summed E-state index contributed by atoms with van der Waals surface area (Å²) in [7, 11) is 0. The Bertz CT molecular complexity index is 661. The zero-order valence-corrected chi connectivity index (χ0v) is 17.4. The third-order valence-electron chi connectivity index (χ3n) is 6.37. The largest absolute Gasteiger partial charge is 0.396 e. The molecular formula is C22H33NO2S. The van der Waals surface area contributed by atoms with Gasteiger partial charge in [-0.2, -0.15) is 0 Å². The molecule has 0 aromatic carbocycles. The maximum absolute atomic E-state index is 12.9. The lowest BCUT2D eigenvalue weighted by Crippen LogP contribution is -2.63. The molecular weight excluding hydrogens is 342 g/mol. The van der Waals surface area contributed by atoms with Gasteiger partial charge in [0.15, 0.2) is 0 Å². The van der Waals surface area contributed by atoms with E-state index in [-0.39, 0.29) is 24.0 Å². The number of nitrogens with one attached hydrogen (secondary N) is 1. The minimum Gasteiger partial charge on any atom is -0.396 e. The zero-order valence-electron chi connectivity index (χ0n) is 16.5. The van der Waals surface area contributed by atoms with Gasteiger partial charge in [0.05, 0.1) is 5.56 Å². The van der Waals surface area contributed by atoms with E-state index in [0.29, 0.717) is 17.4 Å². The lowest BCUT2D eigenvalue weighted by atomic mass is 9.44. The van der Waals surface area contributed by atoms with Gasteiger partial charge >= 0.3 is 0 Å². The highest BCUT2D eigenvalue weighted by atomic mass is 32.1. The number of aliphatic hydroxyl groups is 1. The maximum Gasteiger partial charge on any atom is 0.252 e. The van der Waals surface area contributed by atoms with Gasteiger partial charge in [-0.15, -0.1) is 11.3 Å². The number of rotatable bonds is 6. The van der Waals surface area contributed by atoms with Gasteiger partial charge in [-0.3, -0.25) is 4.79 Å². The highest BCUT2D eigenvalue weighted by Gasteiger charge is 2.57. The van der Waals surface area contributed by atoms with Gasteiger partial charge in [-0.25, -0.2) is 0 Å². The molecule has 0 radical (unpaired) electrons. The molecule has 3 unspecified atom stereocenters. The molecule has 1 aromatic rings. The Labute approximate surface area is 162 Å². The third kappa shape index (κ3) is 3.54. The predicted molar refractivity (Wildman–Crippen MR) is 112 cm³/mol. The van der Waals surface area contributed by atoms with Crippen LogP contribution in [0.4, 0.5) is 0 Å². The van der Waals surface area contributed by atoms with Crippen LogP contribution >= 0.6 is 11.3 Å². The zero-order chi connectivity index (χ0) is 19.5. The third-order valence-corrected chi connectivity index (χ3v) is 7.36. The van der Waals surface area contributed by atoms with E-state index in [9.17, 15) is 9.90 Å². The van der Waals surface area contributed by atoms with E-state index in [1.807, 2.05) is 19.2 Å². The fourth-order valence-corrected chi connectivity index (χ4v) is 5.64. The van der Waals surface area contributed by atoms with Crippen molar-refractivity contribution in [3.63, 3.8) is 0 Å². The van der Waals surface area contributed by atoms with Crippen LogP contribution in [0, 0.1) is 23.2 Å². The van der Waals surface area contributed by atoms with Gasteiger partial charge in [-0.1, -0.05) is 53.0 Å². The molecule has 0 saturated heterocycles. The summed E-state index contributed by atoms with van der Waals surface area (Å²) in [6.45, 7) is 16.5. The Hall–Kier alpha value is -1.39. The molecule has 3 fully saturated rings. The number of carbonyl (C=O) groups is 1. The highest BCUT2D eigenvalue weighted by Crippen LogP contribution is 2.61. The summed E-state index contributed by atoms with van der Waals surface area (Å²) in [5.74, 6) is 1.58. The summed E-state index contributed by atoms with van der Waals surface area (Å²) in [4.78, 5) is 13.9. The number of fused-ring (bicyclic) bond motifs is 2. The molecule has 2 N–H and O–H groups in total. The Morgan fingerprint density at radius 1 is 1.35 bits per heavy atom. The van der Waals surface area contributed by atoms with Crippen LogP contribution in [0.5, 0.6) is 0 Å². The number of hydrogen-bond acceptors (Lipinski definition) is 3. The van der Waals surface area contributed by atoms with Crippen molar-refractivity contribution < 1.29 is 9.90 Å². The SMILES string of the molecule is C=Cc1scc(C(=O)N[C@@H]2C(CCO)CC3CC2C3(C)C)c1C=C.CC. The molecule has 1 heterocycles. The fraction of sp³-hybridized carbons (Fsp3) is 0.591. The van der Waals surface area contributed by atoms with Crippen molar-refractivity contribution in [2.24, 2.45) is 23.2 Å². The molecule has 0 aliphatic heterocycles. The van der Waals surface area contributed by atoms with E-state index in [1.165, 1.54) is 17.8 Å². The van der Waals surface area contributed by atoms with Gasteiger partial charge < -0.3 is 10.4 Å². The van der Waals surface area contributed by atoms with Crippen molar-refractivity contribution in [2.75, 3.05) is 6.61 Å². The highest BCUT2D eigenvalue weighted by molar-refractivity contribution is 7.11. The molecule has 3 saturated carbocycles. The molecule has 2 bridgehead atoms. The summed E-state index contributed by atoms with van der Waals surface area (Å²) >= 11 is 1.52. The summed E-state index contributed by atoms with van der Waals surface area (Å²) in [6.07, 6.45) is 6.57. The first kappa shape index (κ1) is 20.9. The molecule has 3 aliphatic carbocycles. The first-order chi connectivity index (χ1) is 12.4. The van der Waals surface area contributed by atoms with Crippen LogP contribution in [0.2, 0.25) is 0 Å². The van der Waals surface area contributed by atoms with Crippen LogP contribution < -0.4 is 5.32 Å². The van der Waals surface area contributed by atoms with E-state index >= 15 is 0 Å². The van der Waals surface area contributed by atoms with Gasteiger partial charge in [0, 0.05) is 28.5 Å². The second-order valence-corrected chi connectivity index (χ2v) is 8.61. The van der Waals surface area contributed by atoms with E-state index in [4.69, 9.17) is 0 Å². The Morgan fingerprint density at radius 2 is 2.04 bits per heavy atom. The number of carbonyl (C=O) groups excluding carboxylic acids is 1. The molecule has 3 aliphatic rings. The number of aliphatic hydroxyl groups excluding tert-OH is 1. The molecule has 1 aromatic heterocycles.